The van der Waals surface area contributed by atoms with Crippen molar-refractivity contribution in [2.45, 2.75) is 19.4 Å². The molecule has 0 aliphatic carbocycles. The summed E-state index contributed by atoms with van der Waals surface area (Å²) in [4.78, 5) is 11.3. The van der Waals surface area contributed by atoms with Gasteiger partial charge in [0.2, 0.25) is 0 Å². The molecular weight excluding hydrogens is 140 g/mol. The maximum Gasteiger partial charge on any atom is 0.310 e. The first kappa shape index (κ1) is 7.25. The summed E-state index contributed by atoms with van der Waals surface area (Å²) in [5.74, 6) is 0.364. The lowest BCUT2D eigenvalue weighted by molar-refractivity contribution is -0.922. The first-order valence-electron chi connectivity index (χ1n) is 4.34. The molecule has 11 heavy (non-hydrogen) atoms. The van der Waals surface area contributed by atoms with Crippen molar-refractivity contribution < 1.29 is 9.28 Å². The van der Waals surface area contributed by atoms with E-state index in [0.29, 0.717) is 11.9 Å². The van der Waals surface area contributed by atoms with Gasteiger partial charge in [0.25, 0.3) is 0 Å². The monoisotopic (exact) mass is 155 g/mol. The molecule has 0 radical (unpaired) electrons. The van der Waals surface area contributed by atoms with Crippen LogP contribution < -0.4 is 5.32 Å². The second kappa shape index (κ2) is 2.29. The minimum Gasteiger partial charge on any atom is -0.306 e. The van der Waals surface area contributed by atoms with Gasteiger partial charge in [-0.1, -0.05) is 0 Å². The number of nitrogens with zero attached hydrogens (tertiary/aromatic N) is 1. The van der Waals surface area contributed by atoms with Gasteiger partial charge in [-0.15, -0.1) is 0 Å². The van der Waals surface area contributed by atoms with Gasteiger partial charge in [0.05, 0.1) is 26.4 Å². The second-order valence-corrected chi connectivity index (χ2v) is 3.65. The van der Waals surface area contributed by atoms with Crippen molar-refractivity contribution in [2.75, 3.05) is 26.2 Å². The Morgan fingerprint density at radius 3 is 2.73 bits per heavy atom. The molecule has 0 aromatic rings. The molecule has 3 nitrogen and oxygen atoms in total. The van der Waals surface area contributed by atoms with E-state index in [4.69, 9.17) is 0 Å². The zero-order valence-electron chi connectivity index (χ0n) is 6.97. The van der Waals surface area contributed by atoms with E-state index in [-0.39, 0.29) is 0 Å². The number of carbonyl (C=O) groups excluding carboxylic acids is 1. The van der Waals surface area contributed by atoms with Crippen LogP contribution >= 0.6 is 0 Å². The minimum atomic E-state index is 0.364. The van der Waals surface area contributed by atoms with Crippen molar-refractivity contribution in [3.63, 3.8) is 0 Å². The van der Waals surface area contributed by atoms with Gasteiger partial charge in [-0.2, -0.15) is 0 Å². The van der Waals surface area contributed by atoms with Gasteiger partial charge in [0, 0.05) is 13.1 Å². The largest absolute Gasteiger partial charge is 0.310 e. The Hall–Kier alpha value is -0.410. The summed E-state index contributed by atoms with van der Waals surface area (Å²) in [5.41, 5.74) is 0. The second-order valence-electron chi connectivity index (χ2n) is 3.65. The standard InChI is InChI=1S/C8H15N2O/c1-7(11)10-4-2-8(10)6-9-3-5-10/h8-9H,2-6H2,1H3/q+1. The fourth-order valence-electron chi connectivity index (χ4n) is 2.31. The molecule has 2 aliphatic rings. The van der Waals surface area contributed by atoms with Crippen LogP contribution in [0.4, 0.5) is 0 Å². The van der Waals surface area contributed by atoms with Crippen molar-refractivity contribution in [2.24, 2.45) is 0 Å². The fraction of sp³-hybridized carbons (Fsp3) is 0.875. The van der Waals surface area contributed by atoms with Gasteiger partial charge < -0.3 is 5.32 Å². The lowest BCUT2D eigenvalue weighted by Gasteiger charge is -2.52. The molecule has 0 aromatic carbocycles. The molecule has 3 heteroatoms. The topological polar surface area (TPSA) is 29.1 Å². The van der Waals surface area contributed by atoms with Crippen LogP contribution in [0.25, 0.3) is 0 Å². The summed E-state index contributed by atoms with van der Waals surface area (Å²) in [7, 11) is 0. The van der Waals surface area contributed by atoms with Crippen LogP contribution in [-0.4, -0.2) is 42.6 Å². The Morgan fingerprint density at radius 2 is 2.36 bits per heavy atom. The van der Waals surface area contributed by atoms with Gasteiger partial charge in [-0.3, -0.25) is 4.48 Å². The highest BCUT2D eigenvalue weighted by Gasteiger charge is 2.51. The number of hydrogen-bond donors (Lipinski definition) is 1. The molecule has 2 rings (SSSR count). The average Bonchev–Trinajstić information content (AvgIpc) is 1.91. The van der Waals surface area contributed by atoms with Gasteiger partial charge in [0.15, 0.2) is 0 Å². The first-order valence-corrected chi connectivity index (χ1v) is 4.34. The van der Waals surface area contributed by atoms with Crippen LogP contribution in [0.1, 0.15) is 13.3 Å². The van der Waals surface area contributed by atoms with E-state index in [0.717, 1.165) is 30.7 Å². The van der Waals surface area contributed by atoms with Crippen molar-refractivity contribution >= 4 is 5.91 Å². The van der Waals surface area contributed by atoms with Crippen LogP contribution in [0.5, 0.6) is 0 Å². The lowest BCUT2D eigenvalue weighted by atomic mass is 9.94. The molecule has 2 aliphatic heterocycles. The number of hydrogen-bond acceptors (Lipinski definition) is 2. The SMILES string of the molecule is CC(=O)[N+]12CCNCC1CC2. The summed E-state index contributed by atoms with van der Waals surface area (Å²) in [5, 5.41) is 3.33. The zero-order valence-corrected chi connectivity index (χ0v) is 6.97. The van der Waals surface area contributed by atoms with E-state index in [2.05, 4.69) is 5.32 Å². The number of carbonyl (C=O) groups is 1. The van der Waals surface area contributed by atoms with E-state index >= 15 is 0 Å². The Morgan fingerprint density at radius 1 is 1.55 bits per heavy atom. The smallest absolute Gasteiger partial charge is 0.306 e. The Bertz CT molecular complexity index is 193. The molecule has 2 atom stereocenters. The first-order chi connectivity index (χ1) is 5.26. The van der Waals surface area contributed by atoms with Crippen LogP contribution in [0.3, 0.4) is 0 Å². The molecular formula is C8H15N2O+. The van der Waals surface area contributed by atoms with Crippen molar-refractivity contribution in [1.29, 1.82) is 0 Å². The molecule has 0 aromatic heterocycles. The minimum absolute atomic E-state index is 0.364. The van der Waals surface area contributed by atoms with Crippen molar-refractivity contribution in [3.05, 3.63) is 0 Å². The molecule has 2 fully saturated rings. The molecule has 0 bridgehead atoms. The van der Waals surface area contributed by atoms with Gasteiger partial charge in [0.1, 0.15) is 6.04 Å². The maximum absolute atomic E-state index is 11.3. The van der Waals surface area contributed by atoms with Crippen LogP contribution in [0.15, 0.2) is 0 Å². The van der Waals surface area contributed by atoms with Crippen LogP contribution in [0.2, 0.25) is 0 Å². The molecule has 0 saturated carbocycles. The number of rotatable bonds is 0. The van der Waals surface area contributed by atoms with E-state index in [1.807, 2.05) is 0 Å². The number of nitrogens with one attached hydrogen (secondary N) is 1. The molecule has 1 N–H and O–H groups in total. The molecule has 1 amide bonds. The number of fused-ring (bicyclic) bond motifs is 1. The van der Waals surface area contributed by atoms with E-state index in [9.17, 15) is 4.79 Å². The highest BCUT2D eigenvalue weighted by molar-refractivity contribution is 5.66. The quantitative estimate of drug-likeness (QED) is 0.488. The van der Waals surface area contributed by atoms with Crippen molar-refractivity contribution in [1.82, 2.24) is 5.32 Å². The zero-order chi connectivity index (χ0) is 7.90. The Balaban J connectivity index is 2.15. The highest BCUT2D eigenvalue weighted by atomic mass is 16.2. The van der Waals surface area contributed by atoms with Crippen molar-refractivity contribution in [3.8, 4) is 0 Å². The molecule has 2 unspecified atom stereocenters. The van der Waals surface area contributed by atoms with E-state index < -0.39 is 0 Å². The molecule has 62 valence electrons. The van der Waals surface area contributed by atoms with Crippen LogP contribution in [-0.2, 0) is 4.79 Å². The van der Waals surface area contributed by atoms with Gasteiger partial charge >= 0.3 is 5.91 Å². The summed E-state index contributed by atoms with van der Waals surface area (Å²) in [6.07, 6.45) is 1.23. The predicted molar refractivity (Wildman–Crippen MR) is 42.0 cm³/mol. The van der Waals surface area contributed by atoms with Gasteiger partial charge in [-0.25, -0.2) is 4.79 Å². The molecule has 2 heterocycles. The number of quaternary nitrogens is 1. The summed E-state index contributed by atoms with van der Waals surface area (Å²) >= 11 is 0. The van der Waals surface area contributed by atoms with Gasteiger partial charge in [-0.05, 0) is 0 Å². The normalized spacial score (nSPS) is 42.5. The number of amides is 1. The third-order valence-corrected chi connectivity index (χ3v) is 3.26. The summed E-state index contributed by atoms with van der Waals surface area (Å²) in [6, 6.07) is 0.598. The van der Waals surface area contributed by atoms with Crippen LogP contribution in [0, 0.1) is 0 Å². The third-order valence-electron chi connectivity index (χ3n) is 3.26. The third kappa shape index (κ3) is 0.844. The van der Waals surface area contributed by atoms with E-state index in [1.165, 1.54) is 6.42 Å². The van der Waals surface area contributed by atoms with E-state index in [1.54, 1.807) is 6.92 Å². The highest BCUT2D eigenvalue weighted by Crippen LogP contribution is 2.29. The predicted octanol–water partition coefficient (Wildman–Crippen LogP) is -0.275. The lowest BCUT2D eigenvalue weighted by Crippen LogP contribution is -2.74. The fourth-order valence-corrected chi connectivity index (χ4v) is 2.31. The molecule has 0 spiro atoms. The number of piperazine rings is 1. The average molecular weight is 155 g/mol. The summed E-state index contributed by atoms with van der Waals surface area (Å²) < 4.78 is 0.771. The Labute approximate surface area is 67.0 Å². The molecule has 2 saturated heterocycles. The Kier molecular flexibility index (Phi) is 1.51. The maximum atomic E-state index is 11.3. The summed E-state index contributed by atoms with van der Waals surface area (Å²) in [6.45, 7) is 5.88.